The van der Waals surface area contributed by atoms with E-state index in [-0.39, 0.29) is 0 Å². The number of hydrogen-bond acceptors (Lipinski definition) is 2. The average molecular weight is 511 g/mol. The van der Waals surface area contributed by atoms with E-state index in [1.807, 2.05) is 22.7 Å². The first kappa shape index (κ1) is 25.2. The van der Waals surface area contributed by atoms with Crippen LogP contribution >= 0.6 is 22.7 Å². The van der Waals surface area contributed by atoms with Gasteiger partial charge >= 0.3 is 0 Å². The standard InChI is InChI=1S/C34H38S2/c1-3-5-7-9-11-25-13-17-27(18-14-25)31-21-29-23-34-30(24-33(29)35-31)22-32(36-34)28-19-15-26(16-20-28)12-10-8-6-4-2/h13-24H,3-12H2,1-2H3. The number of unbranched alkanes of at least 4 members (excludes halogenated alkanes) is 6. The van der Waals surface area contributed by atoms with Gasteiger partial charge in [-0.25, -0.2) is 0 Å². The van der Waals surface area contributed by atoms with E-state index < -0.39 is 0 Å². The average Bonchev–Trinajstić information content (AvgIpc) is 3.52. The lowest BCUT2D eigenvalue weighted by molar-refractivity contribution is 0.667. The zero-order valence-electron chi connectivity index (χ0n) is 21.8. The van der Waals surface area contributed by atoms with Crippen LogP contribution in [0.2, 0.25) is 0 Å². The lowest BCUT2D eigenvalue weighted by Crippen LogP contribution is -1.85. The van der Waals surface area contributed by atoms with E-state index in [1.165, 1.54) is 116 Å². The highest BCUT2D eigenvalue weighted by Gasteiger charge is 2.10. The Bertz CT molecular complexity index is 1230. The van der Waals surface area contributed by atoms with Crippen LogP contribution in [0.15, 0.2) is 72.8 Å². The third-order valence-corrected chi connectivity index (χ3v) is 9.56. The Kier molecular flexibility index (Phi) is 8.56. The minimum atomic E-state index is 1.20. The highest BCUT2D eigenvalue weighted by atomic mass is 32.1. The third-order valence-electron chi connectivity index (χ3n) is 7.27. The van der Waals surface area contributed by atoms with Gasteiger partial charge in [0.25, 0.3) is 0 Å². The highest BCUT2D eigenvalue weighted by molar-refractivity contribution is 7.23. The van der Waals surface area contributed by atoms with Gasteiger partial charge in [-0.1, -0.05) is 101 Å². The van der Waals surface area contributed by atoms with Crippen LogP contribution < -0.4 is 0 Å². The van der Waals surface area contributed by atoms with Crippen molar-refractivity contribution in [2.75, 3.05) is 0 Å². The number of thiophene rings is 2. The summed E-state index contributed by atoms with van der Waals surface area (Å²) in [5, 5.41) is 2.73. The second-order valence-electron chi connectivity index (χ2n) is 10.2. The Hall–Kier alpha value is -2.42. The summed E-state index contributed by atoms with van der Waals surface area (Å²) >= 11 is 3.84. The first-order valence-corrected chi connectivity index (χ1v) is 15.5. The minimum Gasteiger partial charge on any atom is -0.135 e. The predicted molar refractivity (Wildman–Crippen MR) is 164 cm³/mol. The summed E-state index contributed by atoms with van der Waals surface area (Å²) in [6, 6.07) is 28.1. The van der Waals surface area contributed by atoms with Crippen molar-refractivity contribution in [2.45, 2.75) is 78.1 Å². The molecule has 0 aliphatic carbocycles. The Morgan fingerprint density at radius 3 is 1.28 bits per heavy atom. The summed E-state index contributed by atoms with van der Waals surface area (Å²) in [6.07, 6.45) is 13.0. The van der Waals surface area contributed by atoms with Gasteiger partial charge in [-0.15, -0.1) is 22.7 Å². The molecule has 0 saturated carbocycles. The molecule has 0 saturated heterocycles. The molecule has 0 spiro atoms. The van der Waals surface area contributed by atoms with Crippen molar-refractivity contribution in [3.63, 3.8) is 0 Å². The second-order valence-corrected chi connectivity index (χ2v) is 12.3. The Balaban J connectivity index is 1.29. The largest absolute Gasteiger partial charge is 0.135 e. The number of hydrogen-bond donors (Lipinski definition) is 0. The van der Waals surface area contributed by atoms with Crippen LogP contribution in [0.4, 0.5) is 0 Å². The summed E-state index contributed by atoms with van der Waals surface area (Å²) in [6.45, 7) is 4.55. The maximum atomic E-state index is 2.39. The molecule has 0 N–H and O–H groups in total. The number of aryl methyl sites for hydroxylation is 2. The predicted octanol–water partition coefficient (Wildman–Crippen LogP) is 11.7. The van der Waals surface area contributed by atoms with Crippen LogP contribution in [0.25, 0.3) is 41.1 Å². The molecule has 5 rings (SSSR count). The van der Waals surface area contributed by atoms with Crippen molar-refractivity contribution < 1.29 is 0 Å². The summed E-state index contributed by atoms with van der Waals surface area (Å²) in [4.78, 5) is 2.74. The Labute approximate surface area is 225 Å². The van der Waals surface area contributed by atoms with E-state index in [0.717, 1.165) is 0 Å². The van der Waals surface area contributed by atoms with Crippen molar-refractivity contribution in [3.05, 3.63) is 83.9 Å². The van der Waals surface area contributed by atoms with E-state index in [9.17, 15) is 0 Å². The Morgan fingerprint density at radius 1 is 0.472 bits per heavy atom. The monoisotopic (exact) mass is 510 g/mol. The number of rotatable bonds is 12. The van der Waals surface area contributed by atoms with Gasteiger partial charge in [0.2, 0.25) is 0 Å². The lowest BCUT2D eigenvalue weighted by Gasteiger charge is -2.03. The maximum absolute atomic E-state index is 2.39. The number of benzene rings is 3. The van der Waals surface area contributed by atoms with Gasteiger partial charge in [0.15, 0.2) is 0 Å². The van der Waals surface area contributed by atoms with Crippen molar-refractivity contribution in [1.82, 2.24) is 0 Å². The van der Waals surface area contributed by atoms with Gasteiger partial charge in [0, 0.05) is 19.2 Å². The molecule has 5 aromatic rings. The maximum Gasteiger partial charge on any atom is 0.0356 e. The molecule has 0 aliphatic rings. The first-order chi connectivity index (χ1) is 17.7. The molecule has 186 valence electrons. The van der Waals surface area contributed by atoms with Crippen LogP contribution in [0, 0.1) is 0 Å². The van der Waals surface area contributed by atoms with Crippen molar-refractivity contribution in [3.8, 4) is 20.9 Å². The van der Waals surface area contributed by atoms with Crippen LogP contribution in [0.1, 0.15) is 76.3 Å². The minimum absolute atomic E-state index is 1.20. The lowest BCUT2D eigenvalue weighted by atomic mass is 10.0. The molecule has 0 amide bonds. The molecule has 0 aliphatic heterocycles. The molecule has 0 radical (unpaired) electrons. The van der Waals surface area contributed by atoms with Gasteiger partial charge in [-0.05, 0) is 83.0 Å². The summed E-state index contributed by atoms with van der Waals surface area (Å²) in [5.41, 5.74) is 5.61. The van der Waals surface area contributed by atoms with Crippen LogP contribution in [-0.4, -0.2) is 0 Å². The van der Waals surface area contributed by atoms with Gasteiger partial charge in [-0.2, -0.15) is 0 Å². The van der Waals surface area contributed by atoms with Gasteiger partial charge < -0.3 is 0 Å². The zero-order chi connectivity index (χ0) is 24.7. The summed E-state index contributed by atoms with van der Waals surface area (Å²) in [5.74, 6) is 0. The molecule has 0 atom stereocenters. The fourth-order valence-corrected chi connectivity index (χ4v) is 7.24. The van der Waals surface area contributed by atoms with Gasteiger partial charge in [0.1, 0.15) is 0 Å². The van der Waals surface area contributed by atoms with Crippen LogP contribution in [0.3, 0.4) is 0 Å². The molecular weight excluding hydrogens is 473 g/mol. The molecule has 0 nitrogen and oxygen atoms in total. The Morgan fingerprint density at radius 2 is 0.889 bits per heavy atom. The normalized spacial score (nSPS) is 11.6. The quantitative estimate of drug-likeness (QED) is 0.146. The molecule has 0 bridgehead atoms. The molecule has 36 heavy (non-hydrogen) atoms. The summed E-state index contributed by atoms with van der Waals surface area (Å²) in [7, 11) is 0. The fraction of sp³-hybridized carbons (Fsp3) is 0.353. The van der Waals surface area contributed by atoms with E-state index in [1.54, 1.807) is 0 Å². The highest BCUT2D eigenvalue weighted by Crippen LogP contribution is 2.40. The molecule has 3 aromatic carbocycles. The number of fused-ring (bicyclic) bond motifs is 2. The second kappa shape index (κ2) is 12.2. The zero-order valence-corrected chi connectivity index (χ0v) is 23.4. The van der Waals surface area contributed by atoms with Crippen LogP contribution in [-0.2, 0) is 12.8 Å². The first-order valence-electron chi connectivity index (χ1n) is 13.9. The van der Waals surface area contributed by atoms with Crippen LogP contribution in [0.5, 0.6) is 0 Å². The van der Waals surface area contributed by atoms with Crippen molar-refractivity contribution >= 4 is 42.8 Å². The van der Waals surface area contributed by atoms with E-state index in [0.29, 0.717) is 0 Å². The van der Waals surface area contributed by atoms with E-state index in [2.05, 4.69) is 86.6 Å². The van der Waals surface area contributed by atoms with E-state index >= 15 is 0 Å². The van der Waals surface area contributed by atoms with Crippen molar-refractivity contribution in [1.29, 1.82) is 0 Å². The van der Waals surface area contributed by atoms with Gasteiger partial charge in [0.05, 0.1) is 0 Å². The van der Waals surface area contributed by atoms with E-state index in [4.69, 9.17) is 0 Å². The molecule has 2 heterocycles. The molecule has 0 fully saturated rings. The van der Waals surface area contributed by atoms with Gasteiger partial charge in [-0.3, -0.25) is 0 Å². The topological polar surface area (TPSA) is 0 Å². The molecular formula is C34H38S2. The third kappa shape index (κ3) is 6.10. The SMILES string of the molecule is CCCCCCc1ccc(-c2cc3cc4sc(-c5ccc(CCCCCC)cc5)cc4cc3s2)cc1. The fourth-order valence-electron chi connectivity index (χ4n) is 5.04. The van der Waals surface area contributed by atoms with Crippen molar-refractivity contribution in [2.24, 2.45) is 0 Å². The molecule has 0 unspecified atom stereocenters. The smallest absolute Gasteiger partial charge is 0.0356 e. The molecule has 2 heteroatoms. The molecule has 2 aromatic heterocycles. The summed E-state index contributed by atoms with van der Waals surface area (Å²) < 4.78 is 2.76.